The van der Waals surface area contributed by atoms with E-state index in [1.165, 1.54) is 0 Å². The molecule has 0 saturated heterocycles. The first kappa shape index (κ1) is 13.0. The van der Waals surface area contributed by atoms with E-state index in [0.717, 1.165) is 42.4 Å². The van der Waals surface area contributed by atoms with E-state index in [1.807, 2.05) is 12.1 Å². The summed E-state index contributed by atoms with van der Waals surface area (Å²) in [5, 5.41) is 0.991. The second kappa shape index (κ2) is 5.57. The maximum absolute atomic E-state index is 12.1. The molecule has 1 atom stereocenters. The van der Waals surface area contributed by atoms with E-state index >= 15 is 0 Å². The van der Waals surface area contributed by atoms with E-state index in [9.17, 15) is 4.79 Å². The fourth-order valence-corrected chi connectivity index (χ4v) is 2.97. The van der Waals surface area contributed by atoms with E-state index < -0.39 is 0 Å². The van der Waals surface area contributed by atoms with Crippen LogP contribution in [-0.4, -0.2) is 22.9 Å². The third-order valence-electron chi connectivity index (χ3n) is 4.06. The van der Waals surface area contributed by atoms with Gasteiger partial charge in [-0.05, 0) is 31.4 Å². The smallest absolute Gasteiger partial charge is 0.159 e. The molecule has 0 radical (unpaired) electrons. The Bertz CT molecular complexity index is 639. The molecule has 0 amide bonds. The first-order valence-electron chi connectivity index (χ1n) is 7.09. The molecule has 2 heterocycles. The Kier molecular flexibility index (Phi) is 3.63. The number of pyridine rings is 2. The minimum atomic E-state index is 0.114. The Morgan fingerprint density at radius 1 is 1.35 bits per heavy atom. The average molecular weight is 270 g/mol. The van der Waals surface area contributed by atoms with Crippen LogP contribution in [0.4, 0.5) is 0 Å². The summed E-state index contributed by atoms with van der Waals surface area (Å²) in [5.41, 5.74) is 1.78. The van der Waals surface area contributed by atoms with Gasteiger partial charge >= 0.3 is 0 Å². The van der Waals surface area contributed by atoms with Gasteiger partial charge in [0.1, 0.15) is 11.5 Å². The van der Waals surface area contributed by atoms with E-state index in [-0.39, 0.29) is 5.92 Å². The highest BCUT2D eigenvalue weighted by Gasteiger charge is 2.24. The van der Waals surface area contributed by atoms with Gasteiger partial charge in [0.2, 0.25) is 0 Å². The monoisotopic (exact) mass is 270 g/mol. The Balaban J connectivity index is 2.02. The van der Waals surface area contributed by atoms with Gasteiger partial charge in [0.15, 0.2) is 5.65 Å². The van der Waals surface area contributed by atoms with Crippen LogP contribution < -0.4 is 4.74 Å². The number of Topliss-reactive ketones (excluding diaryl/α,β-unsaturated/α-hetero) is 1. The van der Waals surface area contributed by atoms with Crippen LogP contribution in [0.25, 0.3) is 11.0 Å². The number of rotatable bonds is 3. The normalized spacial score (nSPS) is 19.2. The molecule has 0 spiro atoms. The van der Waals surface area contributed by atoms with Gasteiger partial charge in [-0.1, -0.05) is 6.42 Å². The number of aromatic nitrogens is 2. The average Bonchev–Trinajstić information content (AvgIpc) is 2.50. The van der Waals surface area contributed by atoms with Crippen molar-refractivity contribution in [3.8, 4) is 5.75 Å². The topological polar surface area (TPSA) is 52.1 Å². The number of hydrogen-bond acceptors (Lipinski definition) is 4. The maximum Gasteiger partial charge on any atom is 0.159 e. The predicted octanol–water partition coefficient (Wildman–Crippen LogP) is 2.94. The molecule has 1 aliphatic carbocycles. The molecule has 20 heavy (non-hydrogen) atoms. The van der Waals surface area contributed by atoms with Crippen LogP contribution in [0, 0.1) is 5.92 Å². The van der Waals surface area contributed by atoms with Crippen molar-refractivity contribution < 1.29 is 9.53 Å². The standard InChI is InChI=1S/C16H18N2O2/c1-20-15-10-18-16-12(6-4-8-17-16)13(15)9-11-5-2-3-7-14(11)19/h4,6,8,10-11H,2-3,5,7,9H2,1H3/t11-/m0/s1. The molecule has 2 aromatic rings. The van der Waals surface area contributed by atoms with Crippen molar-refractivity contribution in [3.63, 3.8) is 0 Å². The number of hydrogen-bond donors (Lipinski definition) is 0. The summed E-state index contributed by atoms with van der Waals surface area (Å²) in [5.74, 6) is 1.25. The molecule has 104 valence electrons. The largest absolute Gasteiger partial charge is 0.495 e. The summed E-state index contributed by atoms with van der Waals surface area (Å²) in [4.78, 5) is 20.6. The van der Waals surface area contributed by atoms with Gasteiger partial charge in [-0.25, -0.2) is 9.97 Å². The summed E-state index contributed by atoms with van der Waals surface area (Å²) < 4.78 is 5.43. The van der Waals surface area contributed by atoms with E-state index in [2.05, 4.69) is 9.97 Å². The highest BCUT2D eigenvalue weighted by atomic mass is 16.5. The number of fused-ring (bicyclic) bond motifs is 1. The zero-order chi connectivity index (χ0) is 13.9. The van der Waals surface area contributed by atoms with Gasteiger partial charge in [-0.3, -0.25) is 4.79 Å². The number of carbonyl (C=O) groups is 1. The molecule has 0 aromatic carbocycles. The lowest BCUT2D eigenvalue weighted by Gasteiger charge is -2.21. The number of nitrogens with zero attached hydrogens (tertiary/aromatic N) is 2. The minimum Gasteiger partial charge on any atom is -0.495 e. The van der Waals surface area contributed by atoms with Crippen LogP contribution in [0.1, 0.15) is 31.2 Å². The summed E-state index contributed by atoms with van der Waals surface area (Å²) in [6, 6.07) is 3.90. The third-order valence-corrected chi connectivity index (χ3v) is 4.06. The van der Waals surface area contributed by atoms with Gasteiger partial charge < -0.3 is 4.74 Å². The third kappa shape index (κ3) is 2.38. The van der Waals surface area contributed by atoms with Crippen molar-refractivity contribution in [3.05, 3.63) is 30.1 Å². The highest BCUT2D eigenvalue weighted by Crippen LogP contribution is 2.31. The molecule has 0 bridgehead atoms. The first-order chi connectivity index (χ1) is 9.79. The lowest BCUT2D eigenvalue weighted by Crippen LogP contribution is -2.21. The van der Waals surface area contributed by atoms with Crippen LogP contribution in [-0.2, 0) is 11.2 Å². The molecule has 2 aromatic heterocycles. The fourth-order valence-electron chi connectivity index (χ4n) is 2.97. The SMILES string of the molecule is COc1cnc2ncccc2c1C[C@@H]1CCCCC1=O. The van der Waals surface area contributed by atoms with E-state index in [4.69, 9.17) is 4.74 Å². The van der Waals surface area contributed by atoms with E-state index in [0.29, 0.717) is 17.9 Å². The zero-order valence-electron chi connectivity index (χ0n) is 11.6. The Morgan fingerprint density at radius 3 is 3.05 bits per heavy atom. The summed E-state index contributed by atoms with van der Waals surface area (Å²) in [6.45, 7) is 0. The fraction of sp³-hybridized carbons (Fsp3) is 0.438. The molecule has 0 N–H and O–H groups in total. The van der Waals surface area contributed by atoms with Crippen molar-refractivity contribution in [1.82, 2.24) is 9.97 Å². The van der Waals surface area contributed by atoms with Crippen molar-refractivity contribution in [2.75, 3.05) is 7.11 Å². The molecule has 1 saturated carbocycles. The zero-order valence-corrected chi connectivity index (χ0v) is 11.6. The first-order valence-corrected chi connectivity index (χ1v) is 7.09. The molecule has 0 aliphatic heterocycles. The Hall–Kier alpha value is -1.97. The van der Waals surface area contributed by atoms with Crippen LogP contribution in [0.2, 0.25) is 0 Å². The molecule has 1 fully saturated rings. The molecular weight excluding hydrogens is 252 g/mol. The predicted molar refractivity (Wildman–Crippen MR) is 76.8 cm³/mol. The molecular formula is C16H18N2O2. The minimum absolute atomic E-state index is 0.114. The molecule has 3 rings (SSSR count). The number of methoxy groups -OCH3 is 1. The number of ether oxygens (including phenoxy) is 1. The van der Waals surface area contributed by atoms with Crippen molar-refractivity contribution in [1.29, 1.82) is 0 Å². The summed E-state index contributed by atoms with van der Waals surface area (Å²) in [6.07, 6.45) is 8.04. The number of carbonyl (C=O) groups excluding carboxylic acids is 1. The van der Waals surface area contributed by atoms with Gasteiger partial charge in [-0.2, -0.15) is 0 Å². The summed E-state index contributed by atoms with van der Waals surface area (Å²) in [7, 11) is 1.64. The van der Waals surface area contributed by atoms with Crippen molar-refractivity contribution in [2.45, 2.75) is 32.1 Å². The molecule has 1 aliphatic rings. The maximum atomic E-state index is 12.1. The lowest BCUT2D eigenvalue weighted by atomic mass is 9.83. The quantitative estimate of drug-likeness (QED) is 0.860. The van der Waals surface area contributed by atoms with Crippen LogP contribution in [0.15, 0.2) is 24.5 Å². The highest BCUT2D eigenvalue weighted by molar-refractivity contribution is 5.85. The van der Waals surface area contributed by atoms with Gasteiger partial charge in [-0.15, -0.1) is 0 Å². The van der Waals surface area contributed by atoms with Gasteiger partial charge in [0, 0.05) is 29.5 Å². The molecule has 4 heteroatoms. The molecule has 0 unspecified atom stereocenters. The summed E-state index contributed by atoms with van der Waals surface area (Å²) >= 11 is 0. The van der Waals surface area contributed by atoms with Crippen molar-refractivity contribution >= 4 is 16.8 Å². The second-order valence-corrected chi connectivity index (χ2v) is 5.29. The second-order valence-electron chi connectivity index (χ2n) is 5.29. The lowest BCUT2D eigenvalue weighted by molar-refractivity contribution is -0.124. The van der Waals surface area contributed by atoms with Crippen LogP contribution >= 0.6 is 0 Å². The van der Waals surface area contributed by atoms with Crippen molar-refractivity contribution in [2.24, 2.45) is 5.92 Å². The van der Waals surface area contributed by atoms with Gasteiger partial charge in [0.05, 0.1) is 13.3 Å². The van der Waals surface area contributed by atoms with E-state index in [1.54, 1.807) is 19.5 Å². The molecule has 4 nitrogen and oxygen atoms in total. The Morgan fingerprint density at radius 2 is 2.25 bits per heavy atom. The Labute approximate surface area is 118 Å². The van der Waals surface area contributed by atoms with Gasteiger partial charge in [0.25, 0.3) is 0 Å². The van der Waals surface area contributed by atoms with Crippen LogP contribution in [0.3, 0.4) is 0 Å². The van der Waals surface area contributed by atoms with Crippen LogP contribution in [0.5, 0.6) is 5.75 Å². The number of ketones is 1.